The van der Waals surface area contributed by atoms with Crippen molar-refractivity contribution in [3.05, 3.63) is 102 Å². The monoisotopic (exact) mass is 672 g/mol. The average molecular weight is 673 g/mol. The van der Waals surface area contributed by atoms with Gasteiger partial charge in [-0.1, -0.05) is 29.5 Å². The van der Waals surface area contributed by atoms with Crippen molar-refractivity contribution >= 4 is 23.4 Å². The molecule has 6 rings (SSSR count). The minimum Gasteiger partial charge on any atom is -0.493 e. The van der Waals surface area contributed by atoms with E-state index in [0.717, 1.165) is 11.1 Å². The fraction of sp³-hybridized carbons (Fsp3) is 0.306. The number of nitrogens with zero attached hydrogens (tertiary/aromatic N) is 2. The lowest BCUT2D eigenvalue weighted by Crippen LogP contribution is -2.40. The molecular weight excluding hydrogens is 636 g/mol. The van der Waals surface area contributed by atoms with Crippen molar-refractivity contribution in [3.8, 4) is 34.5 Å². The molecule has 3 aromatic carbocycles. The van der Waals surface area contributed by atoms with Crippen molar-refractivity contribution in [2.75, 3.05) is 27.6 Å². The van der Waals surface area contributed by atoms with Gasteiger partial charge in [-0.25, -0.2) is 9.79 Å². The Morgan fingerprint density at radius 3 is 2.50 bits per heavy atom. The van der Waals surface area contributed by atoms with Crippen LogP contribution in [0.15, 0.2) is 75.7 Å². The molecule has 2 aliphatic rings. The van der Waals surface area contributed by atoms with Crippen LogP contribution in [0, 0.1) is 0 Å². The molecule has 0 saturated heterocycles. The van der Waals surface area contributed by atoms with E-state index >= 15 is 0 Å². The van der Waals surface area contributed by atoms with Crippen LogP contribution < -0.4 is 43.3 Å². The molecule has 0 spiro atoms. The standard InChI is InChI=1S/C36H36N2O9S/c1-7-43-35(40)32-21(4)37-36-38(33(32)24-10-13-27(47-20(2)3)29(17-24)42-6)34(39)31(48-36)16-22-8-11-25(28(14-22)41-5)44-18-23-9-12-26-30(15-23)46-19-45-26/h8-17,20,33H,7,18-19H2,1-6H3/b31-16-/t33-/m1/s1. The number of ether oxygens (including phenoxy) is 7. The Morgan fingerprint density at radius 1 is 1.00 bits per heavy atom. The number of esters is 1. The van der Waals surface area contributed by atoms with Crippen LogP contribution in [0.1, 0.15) is 50.4 Å². The minimum atomic E-state index is -0.800. The van der Waals surface area contributed by atoms with Gasteiger partial charge < -0.3 is 33.2 Å². The zero-order valence-electron chi connectivity index (χ0n) is 27.5. The van der Waals surface area contributed by atoms with E-state index in [4.69, 9.17) is 33.2 Å². The summed E-state index contributed by atoms with van der Waals surface area (Å²) in [7, 11) is 3.11. The Kier molecular flexibility index (Phi) is 9.44. The topological polar surface area (TPSA) is 116 Å². The smallest absolute Gasteiger partial charge is 0.338 e. The molecule has 12 heteroatoms. The molecule has 48 heavy (non-hydrogen) atoms. The third-order valence-corrected chi connectivity index (χ3v) is 8.68. The molecule has 2 aliphatic heterocycles. The molecule has 0 bridgehead atoms. The number of carbonyl (C=O) groups excluding carboxylic acids is 1. The van der Waals surface area contributed by atoms with Gasteiger partial charge in [-0.05, 0) is 86.9 Å². The summed E-state index contributed by atoms with van der Waals surface area (Å²) in [6, 6.07) is 15.7. The van der Waals surface area contributed by atoms with Gasteiger partial charge >= 0.3 is 5.97 Å². The van der Waals surface area contributed by atoms with Gasteiger partial charge in [0.15, 0.2) is 39.3 Å². The van der Waals surface area contributed by atoms with Gasteiger partial charge in [-0.3, -0.25) is 9.36 Å². The summed E-state index contributed by atoms with van der Waals surface area (Å²) < 4.78 is 41.5. The molecular formula is C36H36N2O9S. The number of hydrogen-bond acceptors (Lipinski definition) is 11. The molecule has 0 amide bonds. The van der Waals surface area contributed by atoms with Crippen LogP contribution in [0.4, 0.5) is 0 Å². The van der Waals surface area contributed by atoms with Crippen molar-refractivity contribution in [3.63, 3.8) is 0 Å². The molecule has 0 unspecified atom stereocenters. The van der Waals surface area contributed by atoms with E-state index < -0.39 is 12.0 Å². The van der Waals surface area contributed by atoms with Gasteiger partial charge in [0.1, 0.15) is 6.61 Å². The number of allylic oxidation sites excluding steroid dienone is 1. The number of hydrogen-bond donors (Lipinski definition) is 0. The molecule has 4 aromatic rings. The van der Waals surface area contributed by atoms with Crippen LogP contribution in [0.2, 0.25) is 0 Å². The number of benzene rings is 3. The molecule has 250 valence electrons. The summed E-state index contributed by atoms with van der Waals surface area (Å²) in [6.07, 6.45) is 1.70. The largest absolute Gasteiger partial charge is 0.493 e. The lowest BCUT2D eigenvalue weighted by atomic mass is 9.95. The van der Waals surface area contributed by atoms with Crippen LogP contribution in [0.3, 0.4) is 0 Å². The summed E-state index contributed by atoms with van der Waals surface area (Å²) >= 11 is 1.23. The SMILES string of the molecule is CCOC(=O)C1=C(C)N=c2s/c(=C\c3ccc(OCc4ccc5c(c4)OCO5)c(OC)c3)c(=O)n2[C@@H]1c1ccc(OC(C)C)c(OC)c1. The zero-order valence-corrected chi connectivity index (χ0v) is 28.3. The highest BCUT2D eigenvalue weighted by Crippen LogP contribution is 2.37. The van der Waals surface area contributed by atoms with Crippen LogP contribution >= 0.6 is 11.3 Å². The Bertz CT molecular complexity index is 2080. The minimum absolute atomic E-state index is 0.0750. The Balaban J connectivity index is 1.36. The van der Waals surface area contributed by atoms with E-state index in [1.807, 2.05) is 44.2 Å². The predicted molar refractivity (Wildman–Crippen MR) is 179 cm³/mol. The number of carbonyl (C=O) groups is 1. The third-order valence-electron chi connectivity index (χ3n) is 7.70. The molecule has 0 saturated carbocycles. The van der Waals surface area contributed by atoms with Crippen molar-refractivity contribution in [1.82, 2.24) is 4.57 Å². The second-order valence-electron chi connectivity index (χ2n) is 11.3. The van der Waals surface area contributed by atoms with Crippen molar-refractivity contribution < 1.29 is 38.0 Å². The van der Waals surface area contributed by atoms with E-state index in [0.29, 0.717) is 61.7 Å². The Hall–Kier alpha value is -5.23. The van der Waals surface area contributed by atoms with Gasteiger partial charge in [-0.15, -0.1) is 0 Å². The van der Waals surface area contributed by atoms with Gasteiger partial charge in [0.2, 0.25) is 6.79 Å². The van der Waals surface area contributed by atoms with E-state index in [1.165, 1.54) is 15.9 Å². The zero-order chi connectivity index (χ0) is 33.9. The second kappa shape index (κ2) is 13.9. The number of rotatable bonds is 11. The molecule has 0 fully saturated rings. The highest BCUT2D eigenvalue weighted by Gasteiger charge is 2.34. The lowest BCUT2D eigenvalue weighted by molar-refractivity contribution is -0.139. The Labute approximate surface area is 281 Å². The van der Waals surface area contributed by atoms with Crippen molar-refractivity contribution in [2.45, 2.75) is 46.4 Å². The number of fused-ring (bicyclic) bond motifs is 2. The first kappa shape index (κ1) is 32.7. The summed E-state index contributed by atoms with van der Waals surface area (Å²) in [4.78, 5) is 32.6. The lowest BCUT2D eigenvalue weighted by Gasteiger charge is -2.25. The summed E-state index contributed by atoms with van der Waals surface area (Å²) in [5, 5.41) is 0. The summed E-state index contributed by atoms with van der Waals surface area (Å²) in [6.45, 7) is 8.01. The van der Waals surface area contributed by atoms with Crippen LogP contribution in [0.25, 0.3) is 6.08 Å². The number of thiazole rings is 1. The fourth-order valence-corrected chi connectivity index (χ4v) is 6.60. The molecule has 0 N–H and O–H groups in total. The fourth-order valence-electron chi connectivity index (χ4n) is 5.55. The van der Waals surface area contributed by atoms with E-state index in [1.54, 1.807) is 58.4 Å². The number of methoxy groups -OCH3 is 2. The second-order valence-corrected chi connectivity index (χ2v) is 12.3. The summed E-state index contributed by atoms with van der Waals surface area (Å²) in [5.41, 5.74) is 2.74. The van der Waals surface area contributed by atoms with Gasteiger partial charge in [-0.2, -0.15) is 0 Å². The first-order valence-corrected chi connectivity index (χ1v) is 16.3. The van der Waals surface area contributed by atoms with E-state index in [-0.39, 0.29) is 30.6 Å². The Morgan fingerprint density at radius 2 is 1.75 bits per heavy atom. The van der Waals surface area contributed by atoms with Crippen molar-refractivity contribution in [1.29, 1.82) is 0 Å². The highest BCUT2D eigenvalue weighted by molar-refractivity contribution is 7.07. The molecule has 1 aromatic heterocycles. The maximum absolute atomic E-state index is 14.1. The molecule has 0 radical (unpaired) electrons. The predicted octanol–water partition coefficient (Wildman–Crippen LogP) is 4.91. The quantitative estimate of drug-likeness (QED) is 0.205. The van der Waals surface area contributed by atoms with Gasteiger partial charge in [0, 0.05) is 0 Å². The average Bonchev–Trinajstić information content (AvgIpc) is 3.66. The van der Waals surface area contributed by atoms with Crippen LogP contribution in [-0.4, -0.2) is 44.3 Å². The normalized spacial score (nSPS) is 15.2. The van der Waals surface area contributed by atoms with Gasteiger partial charge in [0.05, 0.1) is 48.8 Å². The third kappa shape index (κ3) is 6.48. The molecule has 1 atom stereocenters. The molecule has 0 aliphatic carbocycles. The highest BCUT2D eigenvalue weighted by atomic mass is 32.1. The van der Waals surface area contributed by atoms with Gasteiger partial charge in [0.25, 0.3) is 5.56 Å². The molecule has 11 nitrogen and oxygen atoms in total. The maximum atomic E-state index is 14.1. The van der Waals surface area contributed by atoms with E-state index in [9.17, 15) is 9.59 Å². The van der Waals surface area contributed by atoms with Crippen molar-refractivity contribution in [2.24, 2.45) is 4.99 Å². The molecule has 3 heterocycles. The first-order valence-electron chi connectivity index (χ1n) is 15.4. The maximum Gasteiger partial charge on any atom is 0.338 e. The van der Waals surface area contributed by atoms with E-state index in [2.05, 4.69) is 4.99 Å². The van der Waals surface area contributed by atoms with Crippen LogP contribution in [-0.2, 0) is 16.1 Å². The van der Waals surface area contributed by atoms with Crippen LogP contribution in [0.5, 0.6) is 34.5 Å². The number of aromatic nitrogens is 1. The summed E-state index contributed by atoms with van der Waals surface area (Å²) in [5.74, 6) is 2.93. The first-order chi connectivity index (χ1) is 23.2.